The SMILES string of the molecule is O=c1[nH]c2cc(Cl)ccc2n1C1CCN(CC2=NOC(c3ccccn3)C2)CC1. The van der Waals surface area contributed by atoms with Crippen LogP contribution in [0.25, 0.3) is 11.0 Å². The second-order valence-corrected chi connectivity index (χ2v) is 8.12. The minimum atomic E-state index is -0.0830. The van der Waals surface area contributed by atoms with Crippen LogP contribution in [0.1, 0.15) is 37.1 Å². The predicted octanol–water partition coefficient (Wildman–Crippen LogP) is 3.53. The molecule has 7 nitrogen and oxygen atoms in total. The summed E-state index contributed by atoms with van der Waals surface area (Å²) in [6.45, 7) is 2.64. The van der Waals surface area contributed by atoms with Gasteiger partial charge in [0.25, 0.3) is 0 Å². The second-order valence-electron chi connectivity index (χ2n) is 7.68. The number of hydrogen-bond donors (Lipinski definition) is 1. The molecule has 0 radical (unpaired) electrons. The second kappa shape index (κ2) is 7.65. The molecule has 8 heteroatoms. The quantitative estimate of drug-likeness (QED) is 0.712. The Kier molecular flexibility index (Phi) is 4.85. The number of H-pyrrole nitrogens is 1. The topological polar surface area (TPSA) is 75.5 Å². The summed E-state index contributed by atoms with van der Waals surface area (Å²) in [5.41, 5.74) is 3.63. The largest absolute Gasteiger partial charge is 0.386 e. The molecule has 0 bridgehead atoms. The van der Waals surface area contributed by atoms with Crippen molar-refractivity contribution in [2.75, 3.05) is 19.6 Å². The van der Waals surface area contributed by atoms with E-state index in [9.17, 15) is 4.79 Å². The van der Waals surface area contributed by atoms with Crippen LogP contribution in [-0.2, 0) is 4.84 Å². The van der Waals surface area contributed by atoms with E-state index in [4.69, 9.17) is 16.4 Å². The fraction of sp³-hybridized carbons (Fsp3) is 0.381. The number of hydrogen-bond acceptors (Lipinski definition) is 5. The van der Waals surface area contributed by atoms with Gasteiger partial charge in [-0.2, -0.15) is 0 Å². The number of fused-ring (bicyclic) bond motifs is 1. The zero-order valence-corrected chi connectivity index (χ0v) is 16.7. The first-order valence-electron chi connectivity index (χ1n) is 9.92. The summed E-state index contributed by atoms with van der Waals surface area (Å²) in [6.07, 6.45) is 4.32. The zero-order valence-electron chi connectivity index (χ0n) is 15.9. The van der Waals surface area contributed by atoms with Gasteiger partial charge in [0.05, 0.1) is 22.4 Å². The number of piperidine rings is 1. The summed E-state index contributed by atoms with van der Waals surface area (Å²) in [6, 6.07) is 11.6. The molecule has 4 heterocycles. The molecule has 1 N–H and O–H groups in total. The number of aromatic amines is 1. The number of likely N-dealkylation sites (tertiary alicyclic amines) is 1. The summed E-state index contributed by atoms with van der Waals surface area (Å²) >= 11 is 6.05. The first-order chi connectivity index (χ1) is 14.2. The molecule has 3 aromatic rings. The Morgan fingerprint density at radius 1 is 1.21 bits per heavy atom. The van der Waals surface area contributed by atoms with Crippen LogP contribution in [0.3, 0.4) is 0 Å². The van der Waals surface area contributed by atoms with Crippen LogP contribution in [0.15, 0.2) is 52.5 Å². The molecule has 1 fully saturated rings. The number of halogens is 1. The maximum atomic E-state index is 12.5. The minimum Gasteiger partial charge on any atom is -0.386 e. The lowest BCUT2D eigenvalue weighted by Gasteiger charge is -2.32. The summed E-state index contributed by atoms with van der Waals surface area (Å²) < 4.78 is 1.89. The molecular weight excluding hydrogens is 390 g/mol. The summed E-state index contributed by atoms with van der Waals surface area (Å²) in [5.74, 6) is 0. The molecule has 1 saturated heterocycles. The van der Waals surface area contributed by atoms with Gasteiger partial charge in [-0.15, -0.1) is 0 Å². The maximum Gasteiger partial charge on any atom is 0.326 e. The van der Waals surface area contributed by atoms with Crippen LogP contribution in [0, 0.1) is 0 Å². The van der Waals surface area contributed by atoms with Gasteiger partial charge in [0.2, 0.25) is 0 Å². The molecule has 0 aliphatic carbocycles. The van der Waals surface area contributed by atoms with Gasteiger partial charge >= 0.3 is 5.69 Å². The summed E-state index contributed by atoms with van der Waals surface area (Å²) in [4.78, 5) is 27.7. The minimum absolute atomic E-state index is 0.0625. The molecule has 0 amide bonds. The van der Waals surface area contributed by atoms with Crippen molar-refractivity contribution in [1.82, 2.24) is 19.4 Å². The maximum absolute atomic E-state index is 12.5. The van der Waals surface area contributed by atoms with Gasteiger partial charge in [-0.1, -0.05) is 22.8 Å². The molecule has 2 aliphatic heterocycles. The molecule has 2 aliphatic rings. The number of nitrogens with zero attached hydrogens (tertiary/aromatic N) is 4. The van der Waals surface area contributed by atoms with Crippen molar-refractivity contribution >= 4 is 28.3 Å². The lowest BCUT2D eigenvalue weighted by molar-refractivity contribution is 0.0825. The highest BCUT2D eigenvalue weighted by Gasteiger charge is 2.28. The third-order valence-corrected chi connectivity index (χ3v) is 5.99. The Morgan fingerprint density at radius 3 is 2.86 bits per heavy atom. The average Bonchev–Trinajstić information content (AvgIpc) is 3.33. The zero-order chi connectivity index (χ0) is 19.8. The molecule has 1 aromatic carbocycles. The Labute approximate surface area is 172 Å². The smallest absolute Gasteiger partial charge is 0.326 e. The highest BCUT2D eigenvalue weighted by atomic mass is 35.5. The highest BCUT2D eigenvalue weighted by Crippen LogP contribution is 2.28. The predicted molar refractivity (Wildman–Crippen MR) is 112 cm³/mol. The van der Waals surface area contributed by atoms with E-state index in [1.807, 2.05) is 34.9 Å². The van der Waals surface area contributed by atoms with Gasteiger partial charge in [-0.3, -0.25) is 14.5 Å². The third kappa shape index (κ3) is 3.68. The number of benzene rings is 1. The van der Waals surface area contributed by atoms with Crippen LogP contribution in [0.5, 0.6) is 0 Å². The molecule has 1 unspecified atom stereocenters. The van der Waals surface area contributed by atoms with E-state index in [2.05, 4.69) is 20.0 Å². The van der Waals surface area contributed by atoms with Crippen molar-refractivity contribution < 1.29 is 4.84 Å². The van der Waals surface area contributed by atoms with Crippen LogP contribution < -0.4 is 5.69 Å². The Morgan fingerprint density at radius 2 is 2.07 bits per heavy atom. The van der Waals surface area contributed by atoms with Crippen molar-refractivity contribution in [3.8, 4) is 0 Å². The van der Waals surface area contributed by atoms with Crippen molar-refractivity contribution in [2.45, 2.75) is 31.4 Å². The van der Waals surface area contributed by atoms with Crippen molar-refractivity contribution in [2.24, 2.45) is 5.16 Å². The van der Waals surface area contributed by atoms with Gasteiger partial charge in [0, 0.05) is 43.3 Å². The fourth-order valence-corrected chi connectivity index (χ4v) is 4.48. The van der Waals surface area contributed by atoms with E-state index < -0.39 is 0 Å². The normalized spacial score (nSPS) is 20.7. The first-order valence-corrected chi connectivity index (χ1v) is 10.3. The molecule has 0 spiro atoms. The van der Waals surface area contributed by atoms with Gasteiger partial charge in [0.15, 0.2) is 6.10 Å². The van der Waals surface area contributed by atoms with E-state index in [0.29, 0.717) is 5.02 Å². The Hall–Kier alpha value is -2.64. The third-order valence-electron chi connectivity index (χ3n) is 5.75. The number of pyridine rings is 1. The molecular formula is C21H22ClN5O2. The molecule has 2 aromatic heterocycles. The van der Waals surface area contributed by atoms with Crippen molar-refractivity contribution in [1.29, 1.82) is 0 Å². The monoisotopic (exact) mass is 411 g/mol. The molecule has 5 rings (SSSR count). The number of aromatic nitrogens is 3. The van der Waals surface area contributed by atoms with Crippen LogP contribution >= 0.6 is 11.6 Å². The number of imidazole rings is 1. The lowest BCUT2D eigenvalue weighted by atomic mass is 10.0. The number of nitrogens with one attached hydrogen (secondary N) is 1. The summed E-state index contributed by atoms with van der Waals surface area (Å²) in [7, 11) is 0. The van der Waals surface area contributed by atoms with E-state index >= 15 is 0 Å². The Balaban J connectivity index is 1.21. The van der Waals surface area contributed by atoms with E-state index in [-0.39, 0.29) is 17.8 Å². The van der Waals surface area contributed by atoms with E-state index in [1.54, 1.807) is 12.3 Å². The van der Waals surface area contributed by atoms with Crippen molar-refractivity contribution in [3.05, 3.63) is 63.8 Å². The number of oxime groups is 1. The highest BCUT2D eigenvalue weighted by molar-refractivity contribution is 6.31. The summed E-state index contributed by atoms with van der Waals surface area (Å²) in [5, 5.41) is 4.91. The van der Waals surface area contributed by atoms with Crippen molar-refractivity contribution in [3.63, 3.8) is 0 Å². The molecule has 29 heavy (non-hydrogen) atoms. The van der Waals surface area contributed by atoms with Crippen LogP contribution in [0.2, 0.25) is 5.02 Å². The molecule has 1 atom stereocenters. The van der Waals surface area contributed by atoms with Crippen LogP contribution in [0.4, 0.5) is 0 Å². The Bertz CT molecular complexity index is 1100. The molecule has 0 saturated carbocycles. The van der Waals surface area contributed by atoms with Crippen LogP contribution in [-0.4, -0.2) is 44.8 Å². The number of rotatable bonds is 4. The van der Waals surface area contributed by atoms with Gasteiger partial charge < -0.3 is 9.82 Å². The van der Waals surface area contributed by atoms with E-state index in [1.165, 1.54) is 0 Å². The van der Waals surface area contributed by atoms with Gasteiger partial charge in [0.1, 0.15) is 0 Å². The molecule has 150 valence electrons. The van der Waals surface area contributed by atoms with Gasteiger partial charge in [-0.25, -0.2) is 4.79 Å². The van der Waals surface area contributed by atoms with E-state index in [0.717, 1.165) is 61.3 Å². The average molecular weight is 412 g/mol. The lowest BCUT2D eigenvalue weighted by Crippen LogP contribution is -2.39. The first kappa shape index (κ1) is 18.4. The standard InChI is InChI=1S/C21H22ClN5O2/c22-14-4-5-19-18(11-14)24-21(28)27(19)16-6-9-26(10-7-16)13-15-12-20(29-25-15)17-3-1-2-8-23-17/h1-5,8,11,16,20H,6-7,9-10,12-13H2,(H,24,28). The van der Waals surface area contributed by atoms with Gasteiger partial charge in [-0.05, 0) is 43.2 Å². The fourth-order valence-electron chi connectivity index (χ4n) is 4.30.